The van der Waals surface area contributed by atoms with Crippen LogP contribution in [0.4, 0.5) is 0 Å². The summed E-state index contributed by atoms with van der Waals surface area (Å²) in [5.74, 6) is -0.881. The lowest BCUT2D eigenvalue weighted by atomic mass is 10.1. The third-order valence-electron chi connectivity index (χ3n) is 5.10. The van der Waals surface area contributed by atoms with Crippen LogP contribution < -0.4 is 0 Å². The van der Waals surface area contributed by atoms with Gasteiger partial charge in [0.15, 0.2) is 0 Å². The molecule has 1 saturated heterocycles. The van der Waals surface area contributed by atoms with Gasteiger partial charge in [0.05, 0.1) is 17.2 Å². The number of hydrogen-bond donors (Lipinski definition) is 0. The largest absolute Gasteiger partial charge is 0.342 e. The Bertz CT molecular complexity index is 1070. The molecule has 0 bridgehead atoms. The van der Waals surface area contributed by atoms with Crippen LogP contribution >= 0.6 is 0 Å². The molecule has 0 saturated carbocycles. The molecule has 134 valence electrons. The van der Waals surface area contributed by atoms with Gasteiger partial charge < -0.3 is 9.47 Å². The number of para-hydroxylation sites is 1. The molecule has 0 radical (unpaired) electrons. The van der Waals surface area contributed by atoms with Gasteiger partial charge in [0.25, 0.3) is 11.7 Å². The molecular formula is C22H19N3O2. The minimum absolute atomic E-state index is 0.423. The Morgan fingerprint density at radius 1 is 1.00 bits per heavy atom. The molecule has 0 unspecified atom stereocenters. The first-order valence-corrected chi connectivity index (χ1v) is 9.08. The van der Waals surface area contributed by atoms with Gasteiger partial charge in [0, 0.05) is 36.7 Å². The van der Waals surface area contributed by atoms with Crippen molar-refractivity contribution in [2.45, 2.75) is 19.4 Å². The Kier molecular flexibility index (Phi) is 4.47. The molecule has 4 rings (SSSR count). The smallest absolute Gasteiger partial charge is 0.295 e. The highest BCUT2D eigenvalue weighted by Crippen LogP contribution is 2.24. The van der Waals surface area contributed by atoms with Crippen molar-refractivity contribution >= 4 is 22.6 Å². The van der Waals surface area contributed by atoms with Gasteiger partial charge in [-0.1, -0.05) is 36.4 Å². The van der Waals surface area contributed by atoms with Crippen LogP contribution in [0.1, 0.15) is 34.3 Å². The van der Waals surface area contributed by atoms with Crippen molar-refractivity contribution in [1.82, 2.24) is 9.47 Å². The first kappa shape index (κ1) is 17.0. The fourth-order valence-corrected chi connectivity index (χ4v) is 3.69. The topological polar surface area (TPSA) is 66.1 Å². The first-order valence-electron chi connectivity index (χ1n) is 9.08. The van der Waals surface area contributed by atoms with Crippen molar-refractivity contribution in [3.05, 3.63) is 71.4 Å². The predicted molar refractivity (Wildman–Crippen MR) is 102 cm³/mol. The lowest BCUT2D eigenvalue weighted by Gasteiger charge is -2.13. The number of likely N-dealkylation sites (tertiary alicyclic amines) is 1. The zero-order valence-electron chi connectivity index (χ0n) is 14.9. The Balaban J connectivity index is 1.74. The molecule has 1 aliphatic heterocycles. The van der Waals surface area contributed by atoms with Crippen LogP contribution in [0.3, 0.4) is 0 Å². The van der Waals surface area contributed by atoms with Crippen LogP contribution in [0.15, 0.2) is 54.7 Å². The highest BCUT2D eigenvalue weighted by atomic mass is 16.2. The predicted octanol–water partition coefficient (Wildman–Crippen LogP) is 3.37. The van der Waals surface area contributed by atoms with E-state index in [1.807, 2.05) is 47.0 Å². The lowest BCUT2D eigenvalue weighted by molar-refractivity contribution is -0.125. The number of aromatic nitrogens is 1. The molecule has 0 N–H and O–H groups in total. The molecular weight excluding hydrogens is 338 g/mol. The van der Waals surface area contributed by atoms with E-state index >= 15 is 0 Å². The van der Waals surface area contributed by atoms with Crippen LogP contribution in [0.25, 0.3) is 10.9 Å². The Hall–Kier alpha value is -3.39. The standard InChI is InChI=1S/C22H19N3O2/c23-13-16-7-1-2-8-17(16)14-25-15-19(18-9-3-4-10-20(18)25)21(26)22(27)24-11-5-6-12-24/h1-4,7-10,15H,5-6,11-12,14H2. The number of fused-ring (bicyclic) bond motifs is 1. The van der Waals surface area contributed by atoms with Gasteiger partial charge in [-0.2, -0.15) is 5.26 Å². The summed E-state index contributed by atoms with van der Waals surface area (Å²) in [6.07, 6.45) is 3.65. The summed E-state index contributed by atoms with van der Waals surface area (Å²) in [7, 11) is 0. The molecule has 0 aliphatic carbocycles. The highest BCUT2D eigenvalue weighted by molar-refractivity contribution is 6.44. The quantitative estimate of drug-likeness (QED) is 0.531. The summed E-state index contributed by atoms with van der Waals surface area (Å²) in [5, 5.41) is 10.1. The number of hydrogen-bond acceptors (Lipinski definition) is 3. The molecule has 0 atom stereocenters. The van der Waals surface area contributed by atoms with Gasteiger partial charge in [0.1, 0.15) is 0 Å². The fourth-order valence-electron chi connectivity index (χ4n) is 3.69. The minimum atomic E-state index is -0.458. The Labute approximate surface area is 157 Å². The van der Waals surface area contributed by atoms with Gasteiger partial charge in [-0.15, -0.1) is 0 Å². The van der Waals surface area contributed by atoms with Crippen molar-refractivity contribution in [3.8, 4) is 6.07 Å². The second kappa shape index (κ2) is 7.08. The number of carbonyl (C=O) groups excluding carboxylic acids is 2. The summed E-state index contributed by atoms with van der Waals surface area (Å²) in [6, 6.07) is 17.2. The maximum Gasteiger partial charge on any atom is 0.295 e. The van der Waals surface area contributed by atoms with Crippen molar-refractivity contribution < 1.29 is 9.59 Å². The molecule has 27 heavy (non-hydrogen) atoms. The zero-order valence-corrected chi connectivity index (χ0v) is 14.9. The maximum atomic E-state index is 12.9. The first-order chi connectivity index (χ1) is 13.2. The molecule has 3 aromatic rings. The van der Waals surface area contributed by atoms with Gasteiger partial charge in [0.2, 0.25) is 0 Å². The number of carbonyl (C=O) groups is 2. The van der Waals surface area contributed by atoms with E-state index < -0.39 is 11.7 Å². The van der Waals surface area contributed by atoms with Crippen LogP contribution in [-0.4, -0.2) is 34.2 Å². The van der Waals surface area contributed by atoms with Gasteiger partial charge in [-0.05, 0) is 30.5 Å². The van der Waals surface area contributed by atoms with Crippen molar-refractivity contribution in [2.75, 3.05) is 13.1 Å². The number of benzene rings is 2. The third kappa shape index (κ3) is 3.11. The number of nitriles is 1. The molecule has 2 aromatic carbocycles. The van der Waals surface area contributed by atoms with Gasteiger partial charge >= 0.3 is 0 Å². The maximum absolute atomic E-state index is 12.9. The summed E-state index contributed by atoms with van der Waals surface area (Å²) in [4.78, 5) is 27.1. The SMILES string of the molecule is N#Cc1ccccc1Cn1cc(C(=O)C(=O)N2CCCC2)c2ccccc21. The van der Waals surface area contributed by atoms with Crippen LogP contribution in [-0.2, 0) is 11.3 Å². The Morgan fingerprint density at radius 3 is 2.48 bits per heavy atom. The summed E-state index contributed by atoms with van der Waals surface area (Å²) >= 11 is 0. The van der Waals surface area contributed by atoms with E-state index in [0.29, 0.717) is 30.8 Å². The molecule has 1 fully saturated rings. The average molecular weight is 357 g/mol. The van der Waals surface area contributed by atoms with Crippen LogP contribution in [0.2, 0.25) is 0 Å². The summed E-state index contributed by atoms with van der Waals surface area (Å²) < 4.78 is 1.94. The molecule has 5 nitrogen and oxygen atoms in total. The number of Topliss-reactive ketones (excluding diaryl/α,β-unsaturated/α-hetero) is 1. The van der Waals surface area contributed by atoms with E-state index in [1.54, 1.807) is 17.2 Å². The molecule has 1 aliphatic rings. The number of ketones is 1. The van der Waals surface area contributed by atoms with Gasteiger partial charge in [-0.3, -0.25) is 9.59 Å². The molecule has 1 aromatic heterocycles. The van der Waals surface area contributed by atoms with E-state index in [4.69, 9.17) is 0 Å². The molecule has 5 heteroatoms. The molecule has 2 heterocycles. The average Bonchev–Trinajstić information content (AvgIpc) is 3.36. The number of amides is 1. The van der Waals surface area contributed by atoms with E-state index in [1.165, 1.54) is 0 Å². The van der Waals surface area contributed by atoms with E-state index in [2.05, 4.69) is 6.07 Å². The molecule has 0 spiro atoms. The van der Waals surface area contributed by atoms with Crippen molar-refractivity contribution in [3.63, 3.8) is 0 Å². The van der Waals surface area contributed by atoms with Crippen LogP contribution in [0, 0.1) is 11.3 Å². The van der Waals surface area contributed by atoms with E-state index in [0.717, 1.165) is 29.3 Å². The second-order valence-electron chi connectivity index (χ2n) is 6.79. The number of rotatable bonds is 4. The fraction of sp³-hybridized carbons (Fsp3) is 0.227. The summed E-state index contributed by atoms with van der Waals surface area (Å²) in [6.45, 7) is 1.77. The number of nitrogens with zero attached hydrogens (tertiary/aromatic N) is 3. The minimum Gasteiger partial charge on any atom is -0.342 e. The van der Waals surface area contributed by atoms with Gasteiger partial charge in [-0.25, -0.2) is 0 Å². The highest BCUT2D eigenvalue weighted by Gasteiger charge is 2.28. The monoisotopic (exact) mass is 357 g/mol. The van der Waals surface area contributed by atoms with Crippen molar-refractivity contribution in [1.29, 1.82) is 5.26 Å². The lowest BCUT2D eigenvalue weighted by Crippen LogP contribution is -2.34. The summed E-state index contributed by atoms with van der Waals surface area (Å²) in [5.41, 5.74) is 2.79. The van der Waals surface area contributed by atoms with E-state index in [9.17, 15) is 14.9 Å². The Morgan fingerprint density at radius 2 is 1.70 bits per heavy atom. The molecule has 1 amide bonds. The normalized spacial score (nSPS) is 13.7. The zero-order chi connectivity index (χ0) is 18.8. The van der Waals surface area contributed by atoms with E-state index in [-0.39, 0.29) is 0 Å². The second-order valence-corrected chi connectivity index (χ2v) is 6.79. The van der Waals surface area contributed by atoms with Crippen molar-refractivity contribution in [2.24, 2.45) is 0 Å². The third-order valence-corrected chi connectivity index (χ3v) is 5.10. The van der Waals surface area contributed by atoms with Crippen LogP contribution in [0.5, 0.6) is 0 Å².